The Labute approximate surface area is 104 Å². The van der Waals surface area contributed by atoms with Gasteiger partial charge < -0.3 is 15.0 Å². The van der Waals surface area contributed by atoms with Crippen LogP contribution in [0.1, 0.15) is 20.3 Å². The molecule has 0 saturated heterocycles. The maximum atomic E-state index is 11.2. The molecular weight excluding hydrogens is 234 g/mol. The lowest BCUT2D eigenvalue weighted by Crippen LogP contribution is -2.20. The number of nitrogens with zero attached hydrogens (tertiary/aromatic N) is 4. The number of rotatable bonds is 4. The number of hydrogen-bond acceptors (Lipinski definition) is 6. The van der Waals surface area contributed by atoms with Crippen LogP contribution >= 0.6 is 0 Å². The molecule has 2 heterocycles. The lowest BCUT2D eigenvalue weighted by Gasteiger charge is -2.13. The highest BCUT2D eigenvalue weighted by molar-refractivity contribution is 5.81. The minimum absolute atomic E-state index is 0.221. The molecule has 0 radical (unpaired) electrons. The number of carbonyl (C=O) groups excluding carboxylic acids is 1. The summed E-state index contributed by atoms with van der Waals surface area (Å²) in [5, 5.41) is 0. The van der Waals surface area contributed by atoms with Gasteiger partial charge in [-0.3, -0.25) is 4.79 Å². The zero-order chi connectivity index (χ0) is 13.1. The maximum absolute atomic E-state index is 11.2. The Morgan fingerprint density at radius 3 is 3.00 bits per heavy atom. The molecule has 2 aromatic rings. The zero-order valence-electron chi connectivity index (χ0n) is 10.3. The van der Waals surface area contributed by atoms with Crippen molar-refractivity contribution in [2.24, 2.45) is 0 Å². The van der Waals surface area contributed by atoms with Crippen LogP contribution in [0.25, 0.3) is 11.2 Å². The number of fused-ring (bicyclic) bond motifs is 1. The average Bonchev–Trinajstić information content (AvgIpc) is 2.74. The predicted molar refractivity (Wildman–Crippen MR) is 65.6 cm³/mol. The van der Waals surface area contributed by atoms with Crippen molar-refractivity contribution in [3.63, 3.8) is 0 Å². The monoisotopic (exact) mass is 249 g/mol. The molecule has 0 aliphatic carbocycles. The van der Waals surface area contributed by atoms with E-state index in [2.05, 4.69) is 15.0 Å². The van der Waals surface area contributed by atoms with Crippen LogP contribution in [0.15, 0.2) is 12.7 Å². The molecule has 2 N–H and O–H groups in total. The van der Waals surface area contributed by atoms with E-state index in [1.807, 2.05) is 6.92 Å². The molecule has 7 heteroatoms. The van der Waals surface area contributed by atoms with Gasteiger partial charge in [0, 0.05) is 6.42 Å². The number of esters is 1. The highest BCUT2D eigenvalue weighted by atomic mass is 16.5. The van der Waals surface area contributed by atoms with Crippen molar-refractivity contribution in [1.29, 1.82) is 0 Å². The largest absolute Gasteiger partial charge is 0.461 e. The van der Waals surface area contributed by atoms with Gasteiger partial charge in [-0.25, -0.2) is 15.0 Å². The lowest BCUT2D eigenvalue weighted by atomic mass is 10.4. The fourth-order valence-corrected chi connectivity index (χ4v) is 1.65. The Morgan fingerprint density at radius 2 is 2.28 bits per heavy atom. The van der Waals surface area contributed by atoms with Crippen LogP contribution in [-0.4, -0.2) is 31.6 Å². The molecule has 0 fully saturated rings. The standard InChI is InChI=1S/C11H15N5O2/c1-3-8(17)18-7(2)4-16-6-15-9-10(12)13-5-14-11(9)16/h5-7H,3-4H2,1-2H3,(H2,12,13,14)/t7-/m1/s1. The normalized spacial score (nSPS) is 12.6. The molecule has 0 aliphatic heterocycles. The maximum Gasteiger partial charge on any atom is 0.305 e. The first kappa shape index (κ1) is 12.3. The predicted octanol–water partition coefficient (Wildman–Crippen LogP) is 0.750. The highest BCUT2D eigenvalue weighted by Crippen LogP contribution is 2.14. The van der Waals surface area contributed by atoms with Crippen LogP contribution in [-0.2, 0) is 16.1 Å². The third-order valence-electron chi connectivity index (χ3n) is 2.50. The number of nitrogen functional groups attached to an aromatic ring is 1. The Kier molecular flexibility index (Phi) is 3.40. The highest BCUT2D eigenvalue weighted by Gasteiger charge is 2.12. The van der Waals surface area contributed by atoms with Gasteiger partial charge in [-0.05, 0) is 6.92 Å². The van der Waals surface area contributed by atoms with E-state index in [4.69, 9.17) is 10.5 Å². The van der Waals surface area contributed by atoms with Crippen LogP contribution in [0.3, 0.4) is 0 Å². The molecule has 2 aromatic heterocycles. The molecule has 18 heavy (non-hydrogen) atoms. The van der Waals surface area contributed by atoms with Gasteiger partial charge in [0.15, 0.2) is 11.5 Å². The number of nitrogens with two attached hydrogens (primary N) is 1. The second kappa shape index (κ2) is 4.99. The van der Waals surface area contributed by atoms with Crippen LogP contribution in [0.5, 0.6) is 0 Å². The van der Waals surface area contributed by atoms with Crippen molar-refractivity contribution in [2.45, 2.75) is 32.9 Å². The minimum atomic E-state index is -0.244. The second-order valence-electron chi connectivity index (χ2n) is 3.98. The molecule has 96 valence electrons. The summed E-state index contributed by atoms with van der Waals surface area (Å²) in [5.74, 6) is 0.123. The van der Waals surface area contributed by atoms with Crippen molar-refractivity contribution < 1.29 is 9.53 Å². The third kappa shape index (κ3) is 2.39. The minimum Gasteiger partial charge on any atom is -0.461 e. The molecule has 0 unspecified atom stereocenters. The summed E-state index contributed by atoms with van der Waals surface area (Å²) in [4.78, 5) is 23.3. The van der Waals surface area contributed by atoms with E-state index in [1.54, 1.807) is 17.8 Å². The van der Waals surface area contributed by atoms with Gasteiger partial charge in [0.2, 0.25) is 0 Å². The molecule has 0 spiro atoms. The van der Waals surface area contributed by atoms with E-state index in [1.165, 1.54) is 6.33 Å². The molecule has 0 saturated carbocycles. The van der Waals surface area contributed by atoms with Gasteiger partial charge in [0.05, 0.1) is 12.9 Å². The summed E-state index contributed by atoms with van der Waals surface area (Å²) in [6.07, 6.45) is 3.13. The van der Waals surface area contributed by atoms with Gasteiger partial charge >= 0.3 is 5.97 Å². The number of ether oxygens (including phenoxy) is 1. The van der Waals surface area contributed by atoms with Crippen molar-refractivity contribution in [1.82, 2.24) is 19.5 Å². The van der Waals surface area contributed by atoms with Crippen molar-refractivity contribution in [2.75, 3.05) is 5.73 Å². The average molecular weight is 249 g/mol. The van der Waals surface area contributed by atoms with Gasteiger partial charge in [0.1, 0.15) is 17.9 Å². The number of imidazole rings is 1. The summed E-state index contributed by atoms with van der Waals surface area (Å²) in [6, 6.07) is 0. The van der Waals surface area contributed by atoms with Crippen molar-refractivity contribution in [3.05, 3.63) is 12.7 Å². The number of carbonyl (C=O) groups is 1. The Bertz CT molecular complexity index is 566. The van der Waals surface area contributed by atoms with Crippen LogP contribution in [0.4, 0.5) is 5.82 Å². The van der Waals surface area contributed by atoms with Crippen LogP contribution < -0.4 is 5.73 Å². The summed E-state index contributed by atoms with van der Waals surface area (Å²) >= 11 is 0. The molecule has 1 atom stereocenters. The summed E-state index contributed by atoms with van der Waals surface area (Å²) in [7, 11) is 0. The molecular formula is C11H15N5O2. The van der Waals surface area contributed by atoms with E-state index in [9.17, 15) is 4.79 Å². The Hall–Kier alpha value is -2.18. The summed E-state index contributed by atoms with van der Waals surface area (Å²) < 4.78 is 6.98. The first-order valence-electron chi connectivity index (χ1n) is 5.72. The van der Waals surface area contributed by atoms with E-state index in [-0.39, 0.29) is 12.1 Å². The van der Waals surface area contributed by atoms with Crippen molar-refractivity contribution >= 4 is 23.0 Å². The fourth-order valence-electron chi connectivity index (χ4n) is 1.65. The second-order valence-corrected chi connectivity index (χ2v) is 3.98. The number of hydrogen-bond donors (Lipinski definition) is 1. The molecule has 0 aliphatic rings. The number of anilines is 1. The van der Waals surface area contributed by atoms with Crippen LogP contribution in [0.2, 0.25) is 0 Å². The smallest absolute Gasteiger partial charge is 0.305 e. The van der Waals surface area contributed by atoms with Gasteiger partial charge in [0.25, 0.3) is 0 Å². The summed E-state index contributed by atoms with van der Waals surface area (Å²) in [5.41, 5.74) is 6.89. The molecule has 0 aromatic carbocycles. The van der Waals surface area contributed by atoms with E-state index in [0.29, 0.717) is 29.9 Å². The first-order chi connectivity index (χ1) is 8.61. The topological polar surface area (TPSA) is 95.9 Å². The SMILES string of the molecule is CCC(=O)O[C@H](C)Cn1cnc2c(N)ncnc21. The van der Waals surface area contributed by atoms with E-state index < -0.39 is 0 Å². The molecule has 2 rings (SSSR count). The van der Waals surface area contributed by atoms with Gasteiger partial charge in [-0.2, -0.15) is 0 Å². The van der Waals surface area contributed by atoms with Crippen molar-refractivity contribution in [3.8, 4) is 0 Å². The lowest BCUT2D eigenvalue weighted by molar-refractivity contribution is -0.148. The zero-order valence-corrected chi connectivity index (χ0v) is 10.3. The molecule has 0 amide bonds. The van der Waals surface area contributed by atoms with E-state index in [0.717, 1.165) is 0 Å². The van der Waals surface area contributed by atoms with Gasteiger partial charge in [-0.1, -0.05) is 6.92 Å². The Balaban J connectivity index is 2.17. The quantitative estimate of drug-likeness (QED) is 0.803. The Morgan fingerprint density at radius 1 is 1.50 bits per heavy atom. The summed E-state index contributed by atoms with van der Waals surface area (Å²) in [6.45, 7) is 4.07. The fraction of sp³-hybridized carbons (Fsp3) is 0.455. The van der Waals surface area contributed by atoms with Crippen LogP contribution in [0, 0.1) is 0 Å². The molecule has 0 bridgehead atoms. The first-order valence-corrected chi connectivity index (χ1v) is 5.72. The third-order valence-corrected chi connectivity index (χ3v) is 2.50. The van der Waals surface area contributed by atoms with E-state index >= 15 is 0 Å². The van der Waals surface area contributed by atoms with Gasteiger partial charge in [-0.15, -0.1) is 0 Å². The molecule has 7 nitrogen and oxygen atoms in total. The number of aromatic nitrogens is 4.